The summed E-state index contributed by atoms with van der Waals surface area (Å²) in [4.78, 5) is 21.9. The number of para-hydroxylation sites is 1. The first-order chi connectivity index (χ1) is 17.9. The van der Waals surface area contributed by atoms with Crippen LogP contribution in [0.3, 0.4) is 0 Å². The van der Waals surface area contributed by atoms with E-state index in [0.29, 0.717) is 27.7 Å². The molecule has 0 unspecified atom stereocenters. The van der Waals surface area contributed by atoms with E-state index in [1.165, 1.54) is 23.9 Å². The molecule has 3 N–H and O–H groups in total. The van der Waals surface area contributed by atoms with Gasteiger partial charge in [0.05, 0.1) is 23.7 Å². The molecule has 0 aliphatic rings. The van der Waals surface area contributed by atoms with Crippen LogP contribution in [0.1, 0.15) is 5.56 Å². The highest BCUT2D eigenvalue weighted by atomic mass is 32.2. The molecule has 186 valence electrons. The maximum absolute atomic E-state index is 13.4. The van der Waals surface area contributed by atoms with Gasteiger partial charge < -0.3 is 10.5 Å². The van der Waals surface area contributed by atoms with Crippen molar-refractivity contribution in [2.45, 2.75) is 11.4 Å². The van der Waals surface area contributed by atoms with Gasteiger partial charge in [0.15, 0.2) is 0 Å². The Balaban J connectivity index is 1.57. The standard InChI is InChI=1S/C27H23N5O4S/c1-36-25-24(37(34,35)30-16-18-8-4-2-5-9-18)15-20(17-29-25)19-12-13-23-22(14-19)26(33)32(27(28)31-23)21-10-6-3-7-11-21/h2-15,17,30H,16H2,1H3,(H2,28,31). The van der Waals surface area contributed by atoms with E-state index in [0.717, 1.165) is 5.56 Å². The number of nitrogens with two attached hydrogens (primary N) is 1. The molecule has 0 aliphatic heterocycles. The molecule has 0 aliphatic carbocycles. The Labute approximate surface area is 213 Å². The molecule has 5 rings (SSSR count). The van der Waals surface area contributed by atoms with Crippen LogP contribution in [0.15, 0.2) is 101 Å². The van der Waals surface area contributed by atoms with Gasteiger partial charge >= 0.3 is 0 Å². The molecule has 0 spiro atoms. The molecular formula is C27H23N5O4S. The predicted molar refractivity (Wildman–Crippen MR) is 142 cm³/mol. The summed E-state index contributed by atoms with van der Waals surface area (Å²) in [6, 6.07) is 24.7. The number of ether oxygens (including phenoxy) is 1. The first kappa shape index (κ1) is 24.2. The number of methoxy groups -OCH3 is 1. The molecule has 0 fully saturated rings. The minimum Gasteiger partial charge on any atom is -0.480 e. The third kappa shape index (κ3) is 4.80. The van der Waals surface area contributed by atoms with Gasteiger partial charge in [-0.1, -0.05) is 54.6 Å². The number of benzene rings is 3. The molecule has 2 heterocycles. The smallest absolute Gasteiger partial charge is 0.267 e. The lowest BCUT2D eigenvalue weighted by Gasteiger charge is -2.13. The lowest BCUT2D eigenvalue weighted by atomic mass is 10.1. The number of anilines is 1. The van der Waals surface area contributed by atoms with Gasteiger partial charge in [-0.15, -0.1) is 0 Å². The Hall–Kier alpha value is -4.54. The molecule has 0 saturated heterocycles. The number of rotatable bonds is 7. The second kappa shape index (κ2) is 9.84. The van der Waals surface area contributed by atoms with E-state index in [4.69, 9.17) is 10.5 Å². The molecule has 0 saturated carbocycles. The van der Waals surface area contributed by atoms with Crippen LogP contribution in [0, 0.1) is 0 Å². The molecule has 9 nitrogen and oxygen atoms in total. The predicted octanol–water partition coefficient (Wildman–Crippen LogP) is 3.52. The molecule has 0 atom stereocenters. The normalized spacial score (nSPS) is 11.5. The van der Waals surface area contributed by atoms with Crippen molar-refractivity contribution in [2.75, 3.05) is 12.8 Å². The van der Waals surface area contributed by atoms with E-state index < -0.39 is 10.0 Å². The molecule has 5 aromatic rings. The van der Waals surface area contributed by atoms with Gasteiger partial charge in [-0.25, -0.2) is 27.7 Å². The fraction of sp³-hybridized carbons (Fsp3) is 0.0741. The minimum atomic E-state index is -3.96. The average Bonchev–Trinajstić information content (AvgIpc) is 2.93. The zero-order valence-corrected chi connectivity index (χ0v) is 20.6. The van der Waals surface area contributed by atoms with Crippen LogP contribution < -0.4 is 20.8 Å². The van der Waals surface area contributed by atoms with Gasteiger partial charge in [0.2, 0.25) is 21.9 Å². The first-order valence-corrected chi connectivity index (χ1v) is 12.8. The second-order valence-electron chi connectivity index (χ2n) is 8.22. The lowest BCUT2D eigenvalue weighted by molar-refractivity contribution is 0.385. The molecule has 37 heavy (non-hydrogen) atoms. The number of hydrogen-bond acceptors (Lipinski definition) is 7. The van der Waals surface area contributed by atoms with Crippen LogP contribution in [-0.4, -0.2) is 30.1 Å². The number of nitrogens with zero attached hydrogens (tertiary/aromatic N) is 3. The Morgan fingerprint density at radius 3 is 2.35 bits per heavy atom. The maximum Gasteiger partial charge on any atom is 0.267 e. The first-order valence-electron chi connectivity index (χ1n) is 11.3. The lowest BCUT2D eigenvalue weighted by Crippen LogP contribution is -2.24. The Kier molecular flexibility index (Phi) is 6.43. The van der Waals surface area contributed by atoms with Crippen molar-refractivity contribution >= 4 is 26.9 Å². The van der Waals surface area contributed by atoms with Crippen LogP contribution in [-0.2, 0) is 16.6 Å². The monoisotopic (exact) mass is 513 g/mol. The molecule has 0 bridgehead atoms. The van der Waals surface area contributed by atoms with Gasteiger partial charge in [-0.05, 0) is 41.5 Å². The number of nitrogens with one attached hydrogen (secondary N) is 1. The van der Waals surface area contributed by atoms with Gasteiger partial charge in [0, 0.05) is 18.3 Å². The van der Waals surface area contributed by atoms with Crippen LogP contribution in [0.25, 0.3) is 27.7 Å². The minimum absolute atomic E-state index is 0.0361. The third-order valence-corrected chi connectivity index (χ3v) is 7.25. The number of sulfonamides is 1. The summed E-state index contributed by atoms with van der Waals surface area (Å²) in [7, 11) is -2.61. The van der Waals surface area contributed by atoms with E-state index in [-0.39, 0.29) is 28.8 Å². The van der Waals surface area contributed by atoms with E-state index >= 15 is 0 Å². The average molecular weight is 514 g/mol. The number of aromatic nitrogens is 3. The van der Waals surface area contributed by atoms with Crippen molar-refractivity contribution in [2.24, 2.45) is 0 Å². The highest BCUT2D eigenvalue weighted by Gasteiger charge is 2.22. The van der Waals surface area contributed by atoms with Crippen LogP contribution in [0.5, 0.6) is 5.88 Å². The van der Waals surface area contributed by atoms with Crippen LogP contribution in [0.4, 0.5) is 5.95 Å². The van der Waals surface area contributed by atoms with Gasteiger partial charge in [0.1, 0.15) is 4.90 Å². The number of nitrogen functional groups attached to an aromatic ring is 1. The van der Waals surface area contributed by atoms with E-state index in [1.54, 1.807) is 42.5 Å². The van der Waals surface area contributed by atoms with Gasteiger partial charge in [0.25, 0.3) is 5.56 Å². The van der Waals surface area contributed by atoms with Crippen molar-refractivity contribution < 1.29 is 13.2 Å². The summed E-state index contributed by atoms with van der Waals surface area (Å²) >= 11 is 0. The Morgan fingerprint density at radius 2 is 1.65 bits per heavy atom. The summed E-state index contributed by atoms with van der Waals surface area (Å²) in [6.45, 7) is 0.110. The fourth-order valence-corrected chi connectivity index (χ4v) is 5.16. The summed E-state index contributed by atoms with van der Waals surface area (Å²) in [6.07, 6.45) is 1.50. The van der Waals surface area contributed by atoms with Gasteiger partial charge in [-0.2, -0.15) is 0 Å². The molecule has 10 heteroatoms. The molecule has 2 aromatic heterocycles. The largest absolute Gasteiger partial charge is 0.480 e. The van der Waals surface area contributed by atoms with Gasteiger partial charge in [-0.3, -0.25) is 4.79 Å². The van der Waals surface area contributed by atoms with Crippen LogP contribution in [0.2, 0.25) is 0 Å². The maximum atomic E-state index is 13.4. The topological polar surface area (TPSA) is 129 Å². The van der Waals surface area contributed by atoms with Crippen molar-refractivity contribution in [3.05, 3.63) is 107 Å². The van der Waals surface area contributed by atoms with E-state index in [1.807, 2.05) is 36.4 Å². The fourth-order valence-electron chi connectivity index (χ4n) is 4.00. The zero-order valence-electron chi connectivity index (χ0n) is 19.8. The molecular weight excluding hydrogens is 490 g/mol. The van der Waals surface area contributed by atoms with Crippen molar-refractivity contribution in [1.29, 1.82) is 0 Å². The molecule has 0 amide bonds. The highest BCUT2D eigenvalue weighted by molar-refractivity contribution is 7.89. The van der Waals surface area contributed by atoms with Crippen molar-refractivity contribution in [3.63, 3.8) is 0 Å². The Morgan fingerprint density at radius 1 is 0.946 bits per heavy atom. The van der Waals surface area contributed by atoms with Crippen molar-refractivity contribution in [1.82, 2.24) is 19.3 Å². The quantitative estimate of drug-likeness (QED) is 0.341. The summed E-state index contributed by atoms with van der Waals surface area (Å²) < 4.78 is 35.5. The second-order valence-corrected chi connectivity index (χ2v) is 9.95. The van der Waals surface area contributed by atoms with E-state index in [2.05, 4.69) is 14.7 Å². The third-order valence-electron chi connectivity index (χ3n) is 5.85. The van der Waals surface area contributed by atoms with E-state index in [9.17, 15) is 13.2 Å². The van der Waals surface area contributed by atoms with Crippen LogP contribution >= 0.6 is 0 Å². The van der Waals surface area contributed by atoms with Crippen molar-refractivity contribution in [3.8, 4) is 22.7 Å². The number of fused-ring (bicyclic) bond motifs is 1. The number of hydrogen-bond donors (Lipinski definition) is 2. The summed E-state index contributed by atoms with van der Waals surface area (Å²) in [5.74, 6) is 0.0337. The summed E-state index contributed by atoms with van der Waals surface area (Å²) in [5.41, 5.74) is 8.66. The number of pyridine rings is 1. The SMILES string of the molecule is COc1ncc(-c2ccc3nc(N)n(-c4ccccc4)c(=O)c3c2)cc1S(=O)(=O)NCc1ccccc1. The highest BCUT2D eigenvalue weighted by Crippen LogP contribution is 2.29. The zero-order chi connectivity index (χ0) is 26.0. The summed E-state index contributed by atoms with van der Waals surface area (Å²) in [5, 5.41) is 0.331. The molecule has 0 radical (unpaired) electrons. The molecule has 3 aromatic carbocycles. The Bertz CT molecular complexity index is 1760.